The Morgan fingerprint density at radius 2 is 2.20 bits per heavy atom. The standard InChI is InChI=1S/C11H15BrClNO/c1-2-7-15-8-6-14-10-5-3-4-9(13)11(10)12/h3-5,14H,2,6-8H2,1H3. The van der Waals surface area contributed by atoms with Crippen LogP contribution in [0.4, 0.5) is 5.69 Å². The topological polar surface area (TPSA) is 21.3 Å². The Labute approximate surface area is 104 Å². The van der Waals surface area contributed by atoms with Crippen LogP contribution in [0.3, 0.4) is 0 Å². The minimum atomic E-state index is 0.715. The lowest BCUT2D eigenvalue weighted by atomic mass is 10.3. The largest absolute Gasteiger partial charge is 0.382 e. The van der Waals surface area contributed by atoms with E-state index in [0.717, 1.165) is 34.8 Å². The zero-order chi connectivity index (χ0) is 11.1. The molecule has 0 spiro atoms. The molecule has 0 saturated carbocycles. The zero-order valence-electron chi connectivity index (χ0n) is 8.72. The predicted molar refractivity (Wildman–Crippen MR) is 68.8 cm³/mol. The number of nitrogens with one attached hydrogen (secondary N) is 1. The van der Waals surface area contributed by atoms with Gasteiger partial charge in [0.1, 0.15) is 0 Å². The third-order valence-corrected chi connectivity index (χ3v) is 3.26. The van der Waals surface area contributed by atoms with Gasteiger partial charge in [-0.15, -0.1) is 0 Å². The molecule has 0 aliphatic rings. The Bertz CT molecular complexity index is 307. The number of ether oxygens (including phenoxy) is 1. The number of hydrogen-bond donors (Lipinski definition) is 1. The summed E-state index contributed by atoms with van der Waals surface area (Å²) in [6.07, 6.45) is 1.06. The molecule has 1 N–H and O–H groups in total. The minimum Gasteiger partial charge on any atom is -0.382 e. The van der Waals surface area contributed by atoms with Gasteiger partial charge < -0.3 is 10.1 Å². The summed E-state index contributed by atoms with van der Waals surface area (Å²) >= 11 is 9.39. The first-order chi connectivity index (χ1) is 7.25. The molecule has 0 amide bonds. The van der Waals surface area contributed by atoms with E-state index in [9.17, 15) is 0 Å². The molecule has 1 aromatic carbocycles. The van der Waals surface area contributed by atoms with Crippen LogP contribution in [0.25, 0.3) is 0 Å². The number of rotatable bonds is 6. The van der Waals surface area contributed by atoms with E-state index >= 15 is 0 Å². The third-order valence-electron chi connectivity index (χ3n) is 1.86. The molecule has 0 aliphatic heterocycles. The predicted octanol–water partition coefficient (Wildman–Crippen LogP) is 3.94. The van der Waals surface area contributed by atoms with Crippen molar-refractivity contribution < 1.29 is 4.74 Å². The van der Waals surface area contributed by atoms with Crippen molar-refractivity contribution in [2.45, 2.75) is 13.3 Å². The molecule has 1 rings (SSSR count). The van der Waals surface area contributed by atoms with Crippen LogP contribution < -0.4 is 5.32 Å². The molecular weight excluding hydrogens is 277 g/mol. The summed E-state index contributed by atoms with van der Waals surface area (Å²) in [6, 6.07) is 5.75. The Morgan fingerprint density at radius 3 is 2.93 bits per heavy atom. The molecule has 1 aromatic rings. The first-order valence-electron chi connectivity index (χ1n) is 5.01. The van der Waals surface area contributed by atoms with Crippen LogP contribution in [-0.4, -0.2) is 19.8 Å². The van der Waals surface area contributed by atoms with Crippen LogP contribution >= 0.6 is 27.5 Å². The second-order valence-electron chi connectivity index (χ2n) is 3.14. The van der Waals surface area contributed by atoms with Crippen molar-refractivity contribution in [1.29, 1.82) is 0 Å². The van der Waals surface area contributed by atoms with Crippen LogP contribution in [0.5, 0.6) is 0 Å². The molecule has 0 heterocycles. The van der Waals surface area contributed by atoms with Crippen LogP contribution in [0.15, 0.2) is 22.7 Å². The summed E-state index contributed by atoms with van der Waals surface area (Å²) in [5.74, 6) is 0. The smallest absolute Gasteiger partial charge is 0.0639 e. The van der Waals surface area contributed by atoms with Crippen LogP contribution in [-0.2, 0) is 4.74 Å². The van der Waals surface area contributed by atoms with E-state index in [1.54, 1.807) is 0 Å². The summed E-state index contributed by atoms with van der Waals surface area (Å²) in [7, 11) is 0. The average molecular weight is 293 g/mol. The van der Waals surface area contributed by atoms with E-state index in [-0.39, 0.29) is 0 Å². The molecular formula is C11H15BrClNO. The highest BCUT2D eigenvalue weighted by molar-refractivity contribution is 9.10. The maximum Gasteiger partial charge on any atom is 0.0639 e. The van der Waals surface area contributed by atoms with Crippen molar-refractivity contribution >= 4 is 33.2 Å². The molecule has 0 aliphatic carbocycles. The van der Waals surface area contributed by atoms with Crippen molar-refractivity contribution in [2.24, 2.45) is 0 Å². The van der Waals surface area contributed by atoms with Gasteiger partial charge in [-0.2, -0.15) is 0 Å². The van der Waals surface area contributed by atoms with Gasteiger partial charge in [0.25, 0.3) is 0 Å². The fourth-order valence-electron chi connectivity index (χ4n) is 1.14. The monoisotopic (exact) mass is 291 g/mol. The van der Waals surface area contributed by atoms with Crippen molar-refractivity contribution in [3.8, 4) is 0 Å². The van der Waals surface area contributed by atoms with Crippen LogP contribution in [0.1, 0.15) is 13.3 Å². The Balaban J connectivity index is 2.34. The molecule has 0 fully saturated rings. The first kappa shape index (κ1) is 12.8. The zero-order valence-corrected chi connectivity index (χ0v) is 11.1. The van der Waals surface area contributed by atoms with Gasteiger partial charge in [-0.3, -0.25) is 0 Å². The van der Waals surface area contributed by atoms with E-state index in [2.05, 4.69) is 28.2 Å². The average Bonchev–Trinajstić information content (AvgIpc) is 2.24. The van der Waals surface area contributed by atoms with Gasteiger partial charge in [0.05, 0.1) is 21.8 Å². The molecule has 0 bridgehead atoms. The Hall–Kier alpha value is -0.250. The first-order valence-corrected chi connectivity index (χ1v) is 6.18. The molecule has 0 saturated heterocycles. The summed E-state index contributed by atoms with van der Waals surface area (Å²) in [5, 5.41) is 3.97. The molecule has 0 unspecified atom stereocenters. The summed E-state index contributed by atoms with van der Waals surface area (Å²) in [6.45, 7) is 4.42. The third kappa shape index (κ3) is 4.41. The van der Waals surface area contributed by atoms with Gasteiger partial charge >= 0.3 is 0 Å². The maximum absolute atomic E-state index is 5.96. The fraction of sp³-hybridized carbons (Fsp3) is 0.455. The summed E-state index contributed by atoms with van der Waals surface area (Å²) < 4.78 is 6.27. The molecule has 15 heavy (non-hydrogen) atoms. The van der Waals surface area contributed by atoms with Gasteiger partial charge in [-0.05, 0) is 34.5 Å². The van der Waals surface area contributed by atoms with E-state index in [0.29, 0.717) is 6.61 Å². The minimum absolute atomic E-state index is 0.715. The number of benzene rings is 1. The summed E-state index contributed by atoms with van der Waals surface area (Å²) in [4.78, 5) is 0. The Morgan fingerprint density at radius 1 is 1.40 bits per heavy atom. The number of hydrogen-bond acceptors (Lipinski definition) is 2. The molecule has 2 nitrogen and oxygen atoms in total. The van der Waals surface area contributed by atoms with Gasteiger partial charge in [-0.25, -0.2) is 0 Å². The highest BCUT2D eigenvalue weighted by Crippen LogP contribution is 2.29. The quantitative estimate of drug-likeness (QED) is 0.802. The highest BCUT2D eigenvalue weighted by Gasteiger charge is 2.01. The molecule has 0 atom stereocenters. The van der Waals surface area contributed by atoms with Gasteiger partial charge in [0, 0.05) is 13.2 Å². The SMILES string of the molecule is CCCOCCNc1cccc(Cl)c1Br. The number of anilines is 1. The summed E-state index contributed by atoms with van der Waals surface area (Å²) in [5.41, 5.74) is 1.00. The van der Waals surface area contributed by atoms with E-state index in [1.165, 1.54) is 0 Å². The van der Waals surface area contributed by atoms with Crippen molar-refractivity contribution in [3.63, 3.8) is 0 Å². The molecule has 4 heteroatoms. The Kier molecular flexibility index (Phi) is 6.06. The van der Waals surface area contributed by atoms with Crippen molar-refractivity contribution in [3.05, 3.63) is 27.7 Å². The van der Waals surface area contributed by atoms with Gasteiger partial charge in [0.2, 0.25) is 0 Å². The number of halogens is 2. The van der Waals surface area contributed by atoms with Crippen LogP contribution in [0, 0.1) is 0 Å². The van der Waals surface area contributed by atoms with Gasteiger partial charge in [0.15, 0.2) is 0 Å². The van der Waals surface area contributed by atoms with E-state index in [1.807, 2.05) is 18.2 Å². The molecule has 0 aromatic heterocycles. The fourth-order valence-corrected chi connectivity index (χ4v) is 1.72. The van der Waals surface area contributed by atoms with Crippen molar-refractivity contribution in [1.82, 2.24) is 0 Å². The second-order valence-corrected chi connectivity index (χ2v) is 4.34. The maximum atomic E-state index is 5.96. The van der Waals surface area contributed by atoms with Gasteiger partial charge in [-0.1, -0.05) is 24.6 Å². The van der Waals surface area contributed by atoms with Crippen molar-refractivity contribution in [2.75, 3.05) is 25.1 Å². The van der Waals surface area contributed by atoms with E-state index in [4.69, 9.17) is 16.3 Å². The second kappa shape index (κ2) is 7.09. The lowest BCUT2D eigenvalue weighted by molar-refractivity contribution is 0.144. The highest BCUT2D eigenvalue weighted by atomic mass is 79.9. The lowest BCUT2D eigenvalue weighted by Crippen LogP contribution is -2.10. The molecule has 0 radical (unpaired) electrons. The molecule has 84 valence electrons. The lowest BCUT2D eigenvalue weighted by Gasteiger charge is -2.09. The normalized spacial score (nSPS) is 10.3. The van der Waals surface area contributed by atoms with Crippen LogP contribution in [0.2, 0.25) is 5.02 Å². The van der Waals surface area contributed by atoms with E-state index < -0.39 is 0 Å².